The lowest BCUT2D eigenvalue weighted by Crippen LogP contribution is -2.44. The number of para-hydroxylation sites is 1. The molecule has 0 saturated heterocycles. The van der Waals surface area contributed by atoms with Crippen molar-refractivity contribution in [2.75, 3.05) is 6.61 Å². The van der Waals surface area contributed by atoms with Crippen LogP contribution in [0.25, 0.3) is 0 Å². The quantitative estimate of drug-likeness (QED) is 0.725. The van der Waals surface area contributed by atoms with Gasteiger partial charge in [0.05, 0.1) is 6.61 Å². The van der Waals surface area contributed by atoms with Crippen LogP contribution in [0.2, 0.25) is 0 Å². The Labute approximate surface area is 146 Å². The molecule has 5 heteroatoms. The number of hydrogen-bond acceptors (Lipinski definition) is 3. The van der Waals surface area contributed by atoms with E-state index in [9.17, 15) is 14.7 Å². The second-order valence-electron chi connectivity index (χ2n) is 6.26. The van der Waals surface area contributed by atoms with E-state index in [1.54, 1.807) is 0 Å². The summed E-state index contributed by atoms with van der Waals surface area (Å²) in [6, 6.07) is 18.8. The fourth-order valence-electron chi connectivity index (χ4n) is 3.03. The van der Waals surface area contributed by atoms with Gasteiger partial charge in [0.15, 0.2) is 0 Å². The van der Waals surface area contributed by atoms with Gasteiger partial charge in [-0.15, -0.1) is 0 Å². The van der Waals surface area contributed by atoms with Crippen LogP contribution in [0.5, 0.6) is 5.75 Å². The number of aliphatic carboxylic acids is 1. The molecule has 0 aromatic heterocycles. The molecule has 1 aliphatic carbocycles. The van der Waals surface area contributed by atoms with E-state index >= 15 is 0 Å². The third-order valence-corrected chi connectivity index (χ3v) is 4.47. The van der Waals surface area contributed by atoms with E-state index in [1.165, 1.54) is 0 Å². The minimum Gasteiger partial charge on any atom is -0.494 e. The zero-order chi connectivity index (χ0) is 17.7. The second-order valence-corrected chi connectivity index (χ2v) is 6.26. The molecule has 1 saturated carbocycles. The highest BCUT2D eigenvalue weighted by Crippen LogP contribution is 2.51. The van der Waals surface area contributed by atoms with Crippen molar-refractivity contribution in [2.24, 2.45) is 0 Å². The average Bonchev–Trinajstić information content (AvgIpc) is 3.36. The first-order valence-corrected chi connectivity index (χ1v) is 8.39. The van der Waals surface area contributed by atoms with Crippen molar-refractivity contribution in [3.8, 4) is 5.75 Å². The fraction of sp³-hybridized carbons (Fsp3) is 0.300. The molecule has 25 heavy (non-hydrogen) atoms. The summed E-state index contributed by atoms with van der Waals surface area (Å²) >= 11 is 0. The van der Waals surface area contributed by atoms with Gasteiger partial charge in [-0.2, -0.15) is 0 Å². The van der Waals surface area contributed by atoms with Crippen LogP contribution in [0.15, 0.2) is 60.7 Å². The summed E-state index contributed by atoms with van der Waals surface area (Å²) in [6.45, 7) is 0.416. The van der Waals surface area contributed by atoms with E-state index in [0.717, 1.165) is 11.3 Å². The average molecular weight is 339 g/mol. The van der Waals surface area contributed by atoms with Crippen LogP contribution in [-0.4, -0.2) is 29.1 Å². The highest BCUT2D eigenvalue weighted by Gasteiger charge is 2.62. The van der Waals surface area contributed by atoms with Gasteiger partial charge in [0.1, 0.15) is 11.3 Å². The Morgan fingerprint density at radius 3 is 2.36 bits per heavy atom. The lowest BCUT2D eigenvalue weighted by Gasteiger charge is -2.15. The molecule has 2 N–H and O–H groups in total. The van der Waals surface area contributed by atoms with Gasteiger partial charge >= 0.3 is 5.97 Å². The molecular formula is C20H21NO4. The summed E-state index contributed by atoms with van der Waals surface area (Å²) in [5.41, 5.74) is -0.226. The lowest BCUT2D eigenvalue weighted by molar-refractivity contribution is -0.143. The van der Waals surface area contributed by atoms with Crippen LogP contribution in [0.4, 0.5) is 0 Å². The molecule has 1 aliphatic rings. The van der Waals surface area contributed by atoms with Gasteiger partial charge in [-0.3, -0.25) is 4.79 Å². The standard InChI is InChI=1S/C20H21NO4/c22-18(12-7-13-25-16-10-5-2-6-11-16)21-20(19(23)24)14-17(20)15-8-3-1-4-9-15/h1-6,8-11,17H,7,12-14H2,(H,21,22)(H,23,24). The van der Waals surface area contributed by atoms with Crippen molar-refractivity contribution in [2.45, 2.75) is 30.7 Å². The molecule has 3 rings (SSSR count). The monoisotopic (exact) mass is 339 g/mol. The molecule has 2 aromatic rings. The Bertz CT molecular complexity index is 732. The van der Waals surface area contributed by atoms with E-state index in [2.05, 4.69) is 5.32 Å². The molecule has 0 heterocycles. The summed E-state index contributed by atoms with van der Waals surface area (Å²) in [5.74, 6) is -0.639. The molecule has 5 nitrogen and oxygen atoms in total. The molecule has 0 radical (unpaired) electrons. The SMILES string of the molecule is O=C(CCCOc1ccccc1)NC1(C(=O)O)CC1c1ccccc1. The molecule has 130 valence electrons. The summed E-state index contributed by atoms with van der Waals surface area (Å²) in [4.78, 5) is 23.8. The fourth-order valence-corrected chi connectivity index (χ4v) is 3.03. The van der Waals surface area contributed by atoms with Gasteiger partial charge in [-0.25, -0.2) is 4.79 Å². The van der Waals surface area contributed by atoms with E-state index in [1.807, 2.05) is 60.7 Å². The van der Waals surface area contributed by atoms with Crippen molar-refractivity contribution in [3.63, 3.8) is 0 Å². The lowest BCUT2D eigenvalue weighted by atomic mass is 10.1. The number of benzene rings is 2. The Morgan fingerprint density at radius 1 is 1.08 bits per heavy atom. The van der Waals surface area contributed by atoms with Gasteiger partial charge in [-0.05, 0) is 30.5 Å². The van der Waals surface area contributed by atoms with E-state index in [4.69, 9.17) is 4.74 Å². The molecule has 2 atom stereocenters. The van der Waals surface area contributed by atoms with Gasteiger partial charge < -0.3 is 15.2 Å². The second kappa shape index (κ2) is 7.38. The van der Waals surface area contributed by atoms with Gasteiger partial charge in [-0.1, -0.05) is 48.5 Å². The van der Waals surface area contributed by atoms with Crippen LogP contribution >= 0.6 is 0 Å². The summed E-state index contributed by atoms with van der Waals surface area (Å²) < 4.78 is 5.54. The molecular weight excluding hydrogens is 318 g/mol. The summed E-state index contributed by atoms with van der Waals surface area (Å²) in [7, 11) is 0. The van der Waals surface area contributed by atoms with E-state index in [0.29, 0.717) is 19.4 Å². The van der Waals surface area contributed by atoms with Crippen molar-refractivity contribution in [1.82, 2.24) is 5.32 Å². The number of ether oxygens (including phenoxy) is 1. The van der Waals surface area contributed by atoms with Crippen LogP contribution < -0.4 is 10.1 Å². The van der Waals surface area contributed by atoms with Gasteiger partial charge in [0.25, 0.3) is 0 Å². The number of carbonyl (C=O) groups excluding carboxylic acids is 1. The third kappa shape index (κ3) is 3.99. The van der Waals surface area contributed by atoms with E-state index < -0.39 is 11.5 Å². The Morgan fingerprint density at radius 2 is 1.72 bits per heavy atom. The minimum atomic E-state index is -1.17. The topological polar surface area (TPSA) is 75.6 Å². The van der Waals surface area contributed by atoms with Gasteiger partial charge in [0.2, 0.25) is 5.91 Å². The third-order valence-electron chi connectivity index (χ3n) is 4.47. The predicted octanol–water partition coefficient (Wildman–Crippen LogP) is 2.97. The molecule has 1 fully saturated rings. The van der Waals surface area contributed by atoms with Crippen molar-refractivity contribution >= 4 is 11.9 Å². The minimum absolute atomic E-state index is 0.171. The largest absolute Gasteiger partial charge is 0.494 e. The first kappa shape index (κ1) is 17.0. The van der Waals surface area contributed by atoms with Crippen molar-refractivity contribution in [1.29, 1.82) is 0 Å². The number of carboxylic acid groups (broad SMARTS) is 1. The zero-order valence-electron chi connectivity index (χ0n) is 13.9. The molecule has 0 bridgehead atoms. The maximum absolute atomic E-state index is 12.2. The number of hydrogen-bond donors (Lipinski definition) is 2. The number of carboxylic acids is 1. The maximum atomic E-state index is 12.2. The van der Waals surface area contributed by atoms with Crippen molar-refractivity contribution < 1.29 is 19.4 Å². The molecule has 0 spiro atoms. The number of nitrogens with one attached hydrogen (secondary N) is 1. The van der Waals surface area contributed by atoms with E-state index in [-0.39, 0.29) is 18.2 Å². The first-order valence-electron chi connectivity index (χ1n) is 8.39. The predicted molar refractivity (Wildman–Crippen MR) is 93.5 cm³/mol. The molecule has 2 aromatic carbocycles. The Balaban J connectivity index is 1.48. The number of rotatable bonds is 8. The maximum Gasteiger partial charge on any atom is 0.330 e. The first-order chi connectivity index (χ1) is 12.1. The molecule has 2 unspecified atom stereocenters. The Kier molecular flexibility index (Phi) is 5.03. The van der Waals surface area contributed by atoms with Crippen LogP contribution in [0, 0.1) is 0 Å². The highest BCUT2D eigenvalue weighted by atomic mass is 16.5. The van der Waals surface area contributed by atoms with Crippen molar-refractivity contribution in [3.05, 3.63) is 66.2 Å². The Hall–Kier alpha value is -2.82. The zero-order valence-corrected chi connectivity index (χ0v) is 13.9. The van der Waals surface area contributed by atoms with Crippen LogP contribution in [0.3, 0.4) is 0 Å². The highest BCUT2D eigenvalue weighted by molar-refractivity contribution is 5.91. The molecule has 1 amide bonds. The smallest absolute Gasteiger partial charge is 0.330 e. The molecule has 0 aliphatic heterocycles. The number of amides is 1. The van der Waals surface area contributed by atoms with Crippen LogP contribution in [-0.2, 0) is 9.59 Å². The summed E-state index contributed by atoms with van der Waals surface area (Å²) in [5, 5.41) is 12.3. The number of carbonyl (C=O) groups is 2. The van der Waals surface area contributed by atoms with Crippen LogP contribution in [0.1, 0.15) is 30.7 Å². The van der Waals surface area contributed by atoms with Gasteiger partial charge in [0, 0.05) is 12.3 Å². The summed E-state index contributed by atoms with van der Waals surface area (Å²) in [6.07, 6.45) is 1.20. The normalized spacial score (nSPS) is 21.4.